The Morgan fingerprint density at radius 3 is 2.70 bits per heavy atom. The summed E-state index contributed by atoms with van der Waals surface area (Å²) in [6.45, 7) is 1.68. The third-order valence-electron chi connectivity index (χ3n) is 3.05. The molecule has 0 bridgehead atoms. The highest BCUT2D eigenvalue weighted by atomic mass is 32.2. The molecule has 1 aromatic heterocycles. The van der Waals surface area contributed by atoms with Gasteiger partial charge in [-0.05, 0) is 35.7 Å². The summed E-state index contributed by atoms with van der Waals surface area (Å²) >= 11 is 0. The third kappa shape index (κ3) is 3.22. The molecule has 2 aromatic rings. The van der Waals surface area contributed by atoms with Crippen LogP contribution in [0, 0.1) is 6.92 Å². The molecular weight excluding hydrogens is 276 g/mol. The Morgan fingerprint density at radius 1 is 1.25 bits per heavy atom. The Bertz CT molecular complexity index is 685. The van der Waals surface area contributed by atoms with E-state index in [0.29, 0.717) is 11.1 Å². The summed E-state index contributed by atoms with van der Waals surface area (Å²) in [5.74, 6) is 0. The molecule has 0 radical (unpaired) electrons. The van der Waals surface area contributed by atoms with Crippen LogP contribution in [0.1, 0.15) is 16.7 Å². The lowest BCUT2D eigenvalue weighted by Gasteiger charge is -2.11. The van der Waals surface area contributed by atoms with Crippen LogP contribution in [0.3, 0.4) is 0 Å². The quantitative estimate of drug-likeness (QED) is 0.872. The smallest absolute Gasteiger partial charge is 0.241 e. The van der Waals surface area contributed by atoms with Gasteiger partial charge in [-0.2, -0.15) is 0 Å². The lowest BCUT2D eigenvalue weighted by atomic mass is 10.1. The molecule has 0 aliphatic rings. The van der Waals surface area contributed by atoms with Crippen molar-refractivity contribution in [2.24, 2.45) is 0 Å². The summed E-state index contributed by atoms with van der Waals surface area (Å²) in [5, 5.41) is 9.19. The fourth-order valence-electron chi connectivity index (χ4n) is 1.88. The normalized spacial score (nSPS) is 11.5. The lowest BCUT2D eigenvalue weighted by molar-refractivity contribution is 0.280. The van der Waals surface area contributed by atoms with Crippen LogP contribution in [-0.2, 0) is 23.2 Å². The van der Waals surface area contributed by atoms with Crippen LogP contribution in [0.25, 0.3) is 0 Å². The van der Waals surface area contributed by atoms with Crippen molar-refractivity contribution >= 4 is 10.0 Å². The van der Waals surface area contributed by atoms with Crippen LogP contribution in [0.15, 0.2) is 47.6 Å². The average molecular weight is 292 g/mol. The number of aliphatic hydroxyl groups excluding tert-OH is 1. The first kappa shape index (κ1) is 14.6. The van der Waals surface area contributed by atoms with E-state index in [2.05, 4.69) is 9.71 Å². The van der Waals surface area contributed by atoms with E-state index in [9.17, 15) is 13.5 Å². The molecule has 2 rings (SSSR count). The predicted octanol–water partition coefficient (Wildman–Crippen LogP) is 1.36. The Kier molecular flexibility index (Phi) is 4.49. The molecule has 0 saturated heterocycles. The minimum atomic E-state index is -3.61. The molecule has 0 atom stereocenters. The number of aliphatic hydroxyl groups is 1. The number of nitrogens with zero attached hydrogens (tertiary/aromatic N) is 1. The van der Waals surface area contributed by atoms with Crippen LogP contribution < -0.4 is 4.72 Å². The van der Waals surface area contributed by atoms with Crippen LogP contribution in [0.4, 0.5) is 0 Å². The van der Waals surface area contributed by atoms with Gasteiger partial charge in [0.05, 0.1) is 11.5 Å². The highest BCUT2D eigenvalue weighted by molar-refractivity contribution is 7.89. The zero-order valence-electron chi connectivity index (χ0n) is 11.1. The Morgan fingerprint density at radius 2 is 2.05 bits per heavy atom. The molecule has 1 heterocycles. The van der Waals surface area contributed by atoms with Crippen LogP contribution in [0.2, 0.25) is 0 Å². The second-order valence-corrected chi connectivity index (χ2v) is 6.12. The molecule has 0 aliphatic heterocycles. The number of nitrogens with one attached hydrogen (secondary N) is 1. The number of hydrogen-bond donors (Lipinski definition) is 2. The summed E-state index contributed by atoms with van der Waals surface area (Å²) < 4.78 is 27.1. The number of aromatic nitrogens is 1. The van der Waals surface area contributed by atoms with Gasteiger partial charge in [0.1, 0.15) is 0 Å². The minimum absolute atomic E-state index is 0.180. The van der Waals surface area contributed by atoms with E-state index >= 15 is 0 Å². The Hall–Kier alpha value is -1.76. The maximum Gasteiger partial charge on any atom is 0.241 e. The largest absolute Gasteiger partial charge is 0.392 e. The monoisotopic (exact) mass is 292 g/mol. The van der Waals surface area contributed by atoms with Crippen LogP contribution >= 0.6 is 0 Å². The number of pyridine rings is 1. The molecule has 0 fully saturated rings. The van der Waals surface area contributed by atoms with E-state index in [1.165, 1.54) is 6.07 Å². The molecule has 0 spiro atoms. The van der Waals surface area contributed by atoms with Crippen molar-refractivity contribution in [2.75, 3.05) is 0 Å². The summed E-state index contributed by atoms with van der Waals surface area (Å²) in [6, 6.07) is 8.40. The van der Waals surface area contributed by atoms with Gasteiger partial charge in [-0.3, -0.25) is 4.98 Å². The molecule has 0 unspecified atom stereocenters. The van der Waals surface area contributed by atoms with Crippen molar-refractivity contribution in [3.05, 3.63) is 59.4 Å². The van der Waals surface area contributed by atoms with Crippen molar-refractivity contribution < 1.29 is 13.5 Å². The SMILES string of the molecule is Cc1c(CO)cccc1S(=O)(=O)NCc1cccnc1. The maximum absolute atomic E-state index is 12.3. The zero-order valence-corrected chi connectivity index (χ0v) is 11.9. The highest BCUT2D eigenvalue weighted by Gasteiger charge is 2.17. The molecule has 1 aromatic carbocycles. The van der Waals surface area contributed by atoms with E-state index < -0.39 is 10.0 Å². The number of sulfonamides is 1. The van der Waals surface area contributed by atoms with Gasteiger partial charge in [-0.25, -0.2) is 13.1 Å². The average Bonchev–Trinajstić information content (AvgIpc) is 2.46. The van der Waals surface area contributed by atoms with Crippen molar-refractivity contribution in [2.45, 2.75) is 25.0 Å². The van der Waals surface area contributed by atoms with Gasteiger partial charge in [0.25, 0.3) is 0 Å². The minimum Gasteiger partial charge on any atom is -0.392 e. The topological polar surface area (TPSA) is 79.3 Å². The van der Waals surface area contributed by atoms with Gasteiger partial charge in [-0.1, -0.05) is 18.2 Å². The van der Waals surface area contributed by atoms with Crippen molar-refractivity contribution in [3.63, 3.8) is 0 Å². The number of benzene rings is 1. The zero-order chi connectivity index (χ0) is 14.6. The van der Waals surface area contributed by atoms with E-state index in [1.807, 2.05) is 0 Å². The summed E-state index contributed by atoms with van der Waals surface area (Å²) in [5.41, 5.74) is 1.95. The molecule has 0 aliphatic carbocycles. The van der Waals surface area contributed by atoms with E-state index in [1.54, 1.807) is 43.6 Å². The van der Waals surface area contributed by atoms with Crippen molar-refractivity contribution in [1.82, 2.24) is 9.71 Å². The van der Waals surface area contributed by atoms with Gasteiger partial charge in [0.2, 0.25) is 10.0 Å². The maximum atomic E-state index is 12.3. The lowest BCUT2D eigenvalue weighted by Crippen LogP contribution is -2.24. The van der Waals surface area contributed by atoms with Gasteiger partial charge in [0, 0.05) is 18.9 Å². The molecule has 20 heavy (non-hydrogen) atoms. The highest BCUT2D eigenvalue weighted by Crippen LogP contribution is 2.19. The standard InChI is InChI=1S/C14H16N2O3S/c1-11-13(10-17)5-2-6-14(11)20(18,19)16-9-12-4-3-7-15-8-12/h2-8,16-17H,9-10H2,1H3. The molecular formula is C14H16N2O3S. The summed E-state index contributed by atoms with van der Waals surface area (Å²) in [4.78, 5) is 4.12. The van der Waals surface area contributed by atoms with Gasteiger partial charge in [-0.15, -0.1) is 0 Å². The van der Waals surface area contributed by atoms with Gasteiger partial charge < -0.3 is 5.11 Å². The number of rotatable bonds is 5. The van der Waals surface area contributed by atoms with Crippen molar-refractivity contribution in [3.8, 4) is 0 Å². The summed E-state index contributed by atoms with van der Waals surface area (Å²) in [7, 11) is -3.61. The second-order valence-electron chi connectivity index (χ2n) is 4.38. The summed E-state index contributed by atoms with van der Waals surface area (Å²) in [6.07, 6.45) is 3.24. The van der Waals surface area contributed by atoms with Crippen LogP contribution in [-0.4, -0.2) is 18.5 Å². The molecule has 5 nitrogen and oxygen atoms in total. The van der Waals surface area contributed by atoms with Crippen LogP contribution in [0.5, 0.6) is 0 Å². The molecule has 6 heteroatoms. The first-order valence-corrected chi connectivity index (χ1v) is 7.61. The second kappa shape index (κ2) is 6.13. The molecule has 2 N–H and O–H groups in total. The van der Waals surface area contributed by atoms with Gasteiger partial charge >= 0.3 is 0 Å². The van der Waals surface area contributed by atoms with E-state index in [4.69, 9.17) is 0 Å². The Labute approximate surface area is 118 Å². The third-order valence-corrected chi connectivity index (χ3v) is 4.59. The first-order chi connectivity index (χ1) is 9.54. The van der Waals surface area contributed by atoms with E-state index in [-0.39, 0.29) is 18.0 Å². The van der Waals surface area contributed by atoms with Gasteiger partial charge in [0.15, 0.2) is 0 Å². The number of hydrogen-bond acceptors (Lipinski definition) is 4. The first-order valence-electron chi connectivity index (χ1n) is 6.12. The molecule has 0 saturated carbocycles. The predicted molar refractivity (Wildman–Crippen MR) is 75.4 cm³/mol. The van der Waals surface area contributed by atoms with Crippen molar-refractivity contribution in [1.29, 1.82) is 0 Å². The fourth-order valence-corrected chi connectivity index (χ4v) is 3.19. The molecule has 106 valence electrons. The molecule has 0 amide bonds. The van der Waals surface area contributed by atoms with E-state index in [0.717, 1.165) is 5.56 Å². The Balaban J connectivity index is 2.23. The fraction of sp³-hybridized carbons (Fsp3) is 0.214.